The second kappa shape index (κ2) is 7.13. The summed E-state index contributed by atoms with van der Waals surface area (Å²) >= 11 is 1.87. The van der Waals surface area contributed by atoms with E-state index in [4.69, 9.17) is 0 Å². The number of thioether (sulfide) groups is 1. The van der Waals surface area contributed by atoms with E-state index in [1.807, 2.05) is 30.9 Å². The second-order valence-corrected chi connectivity index (χ2v) is 8.69. The molecule has 0 aromatic heterocycles. The molecule has 1 fully saturated rings. The van der Waals surface area contributed by atoms with E-state index in [0.29, 0.717) is 23.2 Å². The van der Waals surface area contributed by atoms with Crippen LogP contribution in [0.25, 0.3) is 0 Å². The molecular formula is C15H24N2O2S2. The van der Waals surface area contributed by atoms with E-state index in [-0.39, 0.29) is 6.04 Å². The van der Waals surface area contributed by atoms with Gasteiger partial charge in [-0.05, 0) is 38.1 Å². The smallest absolute Gasteiger partial charge is 0.243 e. The van der Waals surface area contributed by atoms with Gasteiger partial charge in [-0.15, -0.1) is 0 Å². The fourth-order valence-corrected chi connectivity index (χ4v) is 5.28. The number of nitrogens with zero attached hydrogens (tertiary/aromatic N) is 1. The number of hydrogen-bond acceptors (Lipinski definition) is 4. The van der Waals surface area contributed by atoms with Crippen LogP contribution in [0.3, 0.4) is 0 Å². The highest BCUT2D eigenvalue weighted by molar-refractivity contribution is 8.00. The van der Waals surface area contributed by atoms with Crippen LogP contribution in [-0.2, 0) is 10.0 Å². The first-order valence-electron chi connectivity index (χ1n) is 7.38. The van der Waals surface area contributed by atoms with E-state index in [1.165, 1.54) is 0 Å². The maximum absolute atomic E-state index is 12.7. The minimum atomic E-state index is -3.35. The van der Waals surface area contributed by atoms with Crippen LogP contribution in [0.4, 0.5) is 0 Å². The lowest BCUT2D eigenvalue weighted by Gasteiger charge is -2.31. The largest absolute Gasteiger partial charge is 0.313 e. The van der Waals surface area contributed by atoms with Crippen molar-refractivity contribution in [2.75, 3.05) is 25.9 Å². The van der Waals surface area contributed by atoms with Crippen molar-refractivity contribution in [1.82, 2.24) is 9.62 Å². The van der Waals surface area contributed by atoms with Crippen LogP contribution < -0.4 is 5.32 Å². The van der Waals surface area contributed by atoms with Gasteiger partial charge in [-0.25, -0.2) is 8.42 Å². The zero-order chi connectivity index (χ0) is 15.5. The molecule has 1 heterocycles. The van der Waals surface area contributed by atoms with Crippen LogP contribution in [0, 0.1) is 0 Å². The molecule has 0 bridgehead atoms. The molecule has 6 heteroatoms. The van der Waals surface area contributed by atoms with Gasteiger partial charge in [0.15, 0.2) is 0 Å². The van der Waals surface area contributed by atoms with Crippen molar-refractivity contribution in [3.8, 4) is 0 Å². The van der Waals surface area contributed by atoms with Gasteiger partial charge in [0, 0.05) is 30.1 Å². The van der Waals surface area contributed by atoms with E-state index in [0.717, 1.165) is 17.7 Å². The zero-order valence-electron chi connectivity index (χ0n) is 12.9. The average molecular weight is 329 g/mol. The van der Waals surface area contributed by atoms with E-state index < -0.39 is 10.0 Å². The lowest BCUT2D eigenvalue weighted by molar-refractivity contribution is 0.416. The average Bonchev–Trinajstić information content (AvgIpc) is 2.54. The van der Waals surface area contributed by atoms with E-state index in [1.54, 1.807) is 16.4 Å². The van der Waals surface area contributed by atoms with Crippen LogP contribution in [0.2, 0.25) is 0 Å². The predicted octanol–water partition coefficient (Wildman–Crippen LogP) is 2.48. The molecule has 0 spiro atoms. The SMILES string of the molecule is CCC1CN(S(=O)(=O)c2ccc(C(C)NC)cc2)CCS1. The summed E-state index contributed by atoms with van der Waals surface area (Å²) in [7, 11) is -1.46. The maximum atomic E-state index is 12.7. The molecular weight excluding hydrogens is 304 g/mol. The van der Waals surface area contributed by atoms with Gasteiger partial charge in [0.05, 0.1) is 4.90 Å². The highest BCUT2D eigenvalue weighted by Crippen LogP contribution is 2.26. The Labute approximate surface area is 132 Å². The second-order valence-electron chi connectivity index (χ2n) is 5.34. The van der Waals surface area contributed by atoms with Crippen molar-refractivity contribution < 1.29 is 8.42 Å². The molecule has 1 N–H and O–H groups in total. The Morgan fingerprint density at radius 1 is 1.38 bits per heavy atom. The quantitative estimate of drug-likeness (QED) is 0.902. The molecule has 21 heavy (non-hydrogen) atoms. The summed E-state index contributed by atoms with van der Waals surface area (Å²) in [5.41, 5.74) is 1.09. The van der Waals surface area contributed by atoms with Gasteiger partial charge >= 0.3 is 0 Å². The zero-order valence-corrected chi connectivity index (χ0v) is 14.5. The first-order valence-corrected chi connectivity index (χ1v) is 9.87. The maximum Gasteiger partial charge on any atom is 0.243 e. The molecule has 1 aliphatic rings. The summed E-state index contributed by atoms with van der Waals surface area (Å²) in [5, 5.41) is 3.57. The molecule has 0 radical (unpaired) electrons. The molecule has 1 aromatic carbocycles. The third-order valence-electron chi connectivity index (χ3n) is 4.01. The lowest BCUT2D eigenvalue weighted by atomic mass is 10.1. The number of nitrogens with one attached hydrogen (secondary N) is 1. The van der Waals surface area contributed by atoms with Crippen LogP contribution in [0.1, 0.15) is 31.9 Å². The third kappa shape index (κ3) is 3.80. The summed E-state index contributed by atoms with van der Waals surface area (Å²) in [6, 6.07) is 7.45. The number of sulfonamides is 1. The first-order chi connectivity index (χ1) is 9.98. The van der Waals surface area contributed by atoms with Gasteiger partial charge in [0.2, 0.25) is 10.0 Å². The van der Waals surface area contributed by atoms with Crippen LogP contribution in [0.15, 0.2) is 29.2 Å². The van der Waals surface area contributed by atoms with Crippen molar-refractivity contribution >= 4 is 21.8 Å². The molecule has 1 aromatic rings. The molecule has 0 amide bonds. The Morgan fingerprint density at radius 3 is 2.62 bits per heavy atom. The summed E-state index contributed by atoms with van der Waals surface area (Å²) < 4.78 is 27.0. The number of hydrogen-bond donors (Lipinski definition) is 1. The molecule has 2 unspecified atom stereocenters. The molecule has 0 aliphatic carbocycles. The van der Waals surface area contributed by atoms with E-state index in [9.17, 15) is 8.42 Å². The standard InChI is InChI=1S/C15H24N2O2S2/c1-4-14-11-17(9-10-20-14)21(18,19)15-7-5-13(6-8-15)12(2)16-3/h5-8,12,14,16H,4,9-11H2,1-3H3. The van der Waals surface area contributed by atoms with Crippen molar-refractivity contribution in [3.63, 3.8) is 0 Å². The Bertz CT molecular complexity index is 558. The molecule has 4 nitrogen and oxygen atoms in total. The molecule has 2 rings (SSSR count). The first kappa shape index (κ1) is 16.8. The van der Waals surface area contributed by atoms with Crippen molar-refractivity contribution in [1.29, 1.82) is 0 Å². The molecule has 1 aliphatic heterocycles. The molecule has 1 saturated heterocycles. The molecule has 0 saturated carbocycles. The normalized spacial score (nSPS) is 22.1. The number of benzene rings is 1. The minimum Gasteiger partial charge on any atom is -0.313 e. The summed E-state index contributed by atoms with van der Waals surface area (Å²) in [6.07, 6.45) is 1.01. The van der Waals surface area contributed by atoms with Gasteiger partial charge in [-0.1, -0.05) is 19.1 Å². The van der Waals surface area contributed by atoms with Gasteiger partial charge in [0.25, 0.3) is 0 Å². The summed E-state index contributed by atoms with van der Waals surface area (Å²) in [5.74, 6) is 0.882. The van der Waals surface area contributed by atoms with Crippen molar-refractivity contribution in [2.45, 2.75) is 36.5 Å². The third-order valence-corrected chi connectivity index (χ3v) is 7.26. The summed E-state index contributed by atoms with van der Waals surface area (Å²) in [6.45, 7) is 5.40. The summed E-state index contributed by atoms with van der Waals surface area (Å²) in [4.78, 5) is 0.399. The van der Waals surface area contributed by atoms with Crippen LogP contribution >= 0.6 is 11.8 Å². The number of rotatable bonds is 5. The molecule has 118 valence electrons. The highest BCUT2D eigenvalue weighted by Gasteiger charge is 2.29. The molecule has 2 atom stereocenters. The van der Waals surface area contributed by atoms with Gasteiger partial charge in [-0.3, -0.25) is 0 Å². The predicted molar refractivity (Wildman–Crippen MR) is 89.2 cm³/mol. The lowest BCUT2D eigenvalue weighted by Crippen LogP contribution is -2.41. The van der Waals surface area contributed by atoms with E-state index >= 15 is 0 Å². The van der Waals surface area contributed by atoms with Gasteiger partial charge < -0.3 is 5.32 Å². The van der Waals surface area contributed by atoms with Crippen molar-refractivity contribution in [2.24, 2.45) is 0 Å². The Morgan fingerprint density at radius 2 is 2.05 bits per heavy atom. The Kier molecular flexibility index (Phi) is 5.71. The minimum absolute atomic E-state index is 0.220. The van der Waals surface area contributed by atoms with Gasteiger partial charge in [-0.2, -0.15) is 16.1 Å². The topological polar surface area (TPSA) is 49.4 Å². The highest BCUT2D eigenvalue weighted by atomic mass is 32.2. The van der Waals surface area contributed by atoms with Crippen LogP contribution in [0.5, 0.6) is 0 Å². The Hall–Kier alpha value is -0.560. The Balaban J connectivity index is 2.19. The fourth-order valence-electron chi connectivity index (χ4n) is 2.40. The van der Waals surface area contributed by atoms with Gasteiger partial charge in [0.1, 0.15) is 0 Å². The van der Waals surface area contributed by atoms with Crippen LogP contribution in [-0.4, -0.2) is 43.9 Å². The fraction of sp³-hybridized carbons (Fsp3) is 0.600. The van der Waals surface area contributed by atoms with E-state index in [2.05, 4.69) is 19.2 Å². The monoisotopic (exact) mass is 328 g/mol. The van der Waals surface area contributed by atoms with Crippen molar-refractivity contribution in [3.05, 3.63) is 29.8 Å².